The molecule has 0 spiro atoms. The molecule has 0 aliphatic heterocycles. The van der Waals surface area contributed by atoms with Gasteiger partial charge in [0.1, 0.15) is 0 Å². The highest BCUT2D eigenvalue weighted by Gasteiger charge is 2.12. The van der Waals surface area contributed by atoms with Gasteiger partial charge in [-0.05, 0) is 56.6 Å². The van der Waals surface area contributed by atoms with Gasteiger partial charge >= 0.3 is 0 Å². The zero-order valence-corrected chi connectivity index (χ0v) is 9.48. The summed E-state index contributed by atoms with van der Waals surface area (Å²) in [4.78, 5) is 0. The van der Waals surface area contributed by atoms with E-state index in [0.29, 0.717) is 0 Å². The van der Waals surface area contributed by atoms with Crippen LogP contribution in [0.2, 0.25) is 0 Å². The molecule has 1 rings (SSSR count). The lowest BCUT2D eigenvalue weighted by atomic mass is 9.85. The average Bonchev–Trinajstić information content (AvgIpc) is 2.04. The highest BCUT2D eigenvalue weighted by atomic mass is 14.2. The molecule has 0 N–H and O–H groups in total. The molecule has 74 valence electrons. The predicted molar refractivity (Wildman–Crippen MR) is 59.8 cm³/mol. The summed E-state index contributed by atoms with van der Waals surface area (Å²) in [6, 6.07) is 0. The van der Waals surface area contributed by atoms with Crippen molar-refractivity contribution in [2.45, 2.75) is 53.4 Å². The molecule has 13 heavy (non-hydrogen) atoms. The van der Waals surface area contributed by atoms with Crippen LogP contribution in [0.15, 0.2) is 22.8 Å². The van der Waals surface area contributed by atoms with Gasteiger partial charge in [-0.1, -0.05) is 25.5 Å². The van der Waals surface area contributed by atoms with Gasteiger partial charge in [0.15, 0.2) is 0 Å². The lowest BCUT2D eigenvalue weighted by Crippen LogP contribution is -2.03. The monoisotopic (exact) mass is 178 g/mol. The number of hydrogen-bond donors (Lipinski definition) is 0. The number of hydrogen-bond acceptors (Lipinski definition) is 0. The Bertz CT molecular complexity index is 226. The van der Waals surface area contributed by atoms with Crippen LogP contribution >= 0.6 is 0 Å². The van der Waals surface area contributed by atoms with Crippen molar-refractivity contribution in [2.24, 2.45) is 5.92 Å². The highest BCUT2D eigenvalue weighted by Crippen LogP contribution is 2.30. The molecule has 0 radical (unpaired) electrons. The summed E-state index contributed by atoms with van der Waals surface area (Å²) >= 11 is 0. The Kier molecular flexibility index (Phi) is 3.77. The second-order valence-corrected chi connectivity index (χ2v) is 4.39. The maximum Gasteiger partial charge on any atom is -0.0256 e. The quantitative estimate of drug-likeness (QED) is 0.585. The van der Waals surface area contributed by atoms with Crippen molar-refractivity contribution in [1.29, 1.82) is 0 Å². The van der Waals surface area contributed by atoms with Crippen molar-refractivity contribution in [1.82, 2.24) is 0 Å². The lowest BCUT2D eigenvalue weighted by molar-refractivity contribution is 0.569. The highest BCUT2D eigenvalue weighted by molar-refractivity contribution is 5.35. The molecule has 1 aliphatic carbocycles. The summed E-state index contributed by atoms with van der Waals surface area (Å²) in [5.74, 6) is 0.796. The molecule has 0 heteroatoms. The minimum atomic E-state index is 0.796. The number of rotatable bonds is 2. The third-order valence-corrected chi connectivity index (χ3v) is 2.94. The first kappa shape index (κ1) is 10.6. The van der Waals surface area contributed by atoms with Gasteiger partial charge in [0.05, 0.1) is 0 Å². The van der Waals surface area contributed by atoms with E-state index in [1.165, 1.54) is 31.3 Å². The Morgan fingerprint density at radius 3 is 2.62 bits per heavy atom. The first-order valence-corrected chi connectivity index (χ1v) is 5.52. The van der Waals surface area contributed by atoms with E-state index < -0.39 is 0 Å². The average molecular weight is 178 g/mol. The second-order valence-electron chi connectivity index (χ2n) is 4.39. The Hall–Kier alpha value is -0.520. The van der Waals surface area contributed by atoms with Crippen LogP contribution in [0.25, 0.3) is 0 Å². The van der Waals surface area contributed by atoms with Crippen molar-refractivity contribution in [3.05, 3.63) is 22.8 Å². The van der Waals surface area contributed by atoms with Crippen LogP contribution in [0.4, 0.5) is 0 Å². The molecule has 1 atom stereocenters. The van der Waals surface area contributed by atoms with Crippen LogP contribution in [0.1, 0.15) is 53.4 Å². The minimum Gasteiger partial charge on any atom is -0.0782 e. The summed E-state index contributed by atoms with van der Waals surface area (Å²) in [5, 5.41) is 0. The van der Waals surface area contributed by atoms with Gasteiger partial charge in [0.2, 0.25) is 0 Å². The Labute approximate surface area is 82.7 Å². The molecule has 0 bridgehead atoms. The third-order valence-electron chi connectivity index (χ3n) is 2.94. The second kappa shape index (κ2) is 4.64. The molecule has 1 unspecified atom stereocenters. The van der Waals surface area contributed by atoms with E-state index >= 15 is 0 Å². The Morgan fingerprint density at radius 2 is 2.15 bits per heavy atom. The number of allylic oxidation sites excluding steroid dienone is 4. The van der Waals surface area contributed by atoms with E-state index in [-0.39, 0.29) is 0 Å². The standard InChI is InChI=1S/C13H22/c1-5-13(10(2)3)12-8-6-7-11(4)9-12/h9,11H,5-8H2,1-4H3. The maximum atomic E-state index is 2.48. The maximum absolute atomic E-state index is 2.48. The van der Waals surface area contributed by atoms with Crippen molar-refractivity contribution >= 4 is 0 Å². The molecule has 1 aliphatic rings. The van der Waals surface area contributed by atoms with E-state index in [9.17, 15) is 0 Å². The zero-order chi connectivity index (χ0) is 9.84. The molecular formula is C13H22. The topological polar surface area (TPSA) is 0 Å². The molecule has 0 fully saturated rings. The Morgan fingerprint density at radius 1 is 1.46 bits per heavy atom. The zero-order valence-electron chi connectivity index (χ0n) is 9.48. The van der Waals surface area contributed by atoms with E-state index in [1.807, 2.05) is 0 Å². The van der Waals surface area contributed by atoms with Crippen LogP contribution in [0, 0.1) is 5.92 Å². The van der Waals surface area contributed by atoms with Gasteiger partial charge in [-0.25, -0.2) is 0 Å². The van der Waals surface area contributed by atoms with Gasteiger partial charge < -0.3 is 0 Å². The summed E-state index contributed by atoms with van der Waals surface area (Å²) in [7, 11) is 0. The van der Waals surface area contributed by atoms with Gasteiger partial charge in [-0.15, -0.1) is 0 Å². The van der Waals surface area contributed by atoms with Gasteiger partial charge in [0.25, 0.3) is 0 Å². The van der Waals surface area contributed by atoms with Gasteiger partial charge in [-0.2, -0.15) is 0 Å². The normalized spacial score (nSPS) is 22.5. The van der Waals surface area contributed by atoms with Crippen LogP contribution < -0.4 is 0 Å². The SMILES string of the molecule is CCC(C1=CC(C)CCC1)=C(C)C. The smallest absolute Gasteiger partial charge is 0.0256 e. The van der Waals surface area contributed by atoms with Crippen LogP contribution in [-0.2, 0) is 0 Å². The molecule has 0 saturated carbocycles. The predicted octanol–water partition coefficient (Wildman–Crippen LogP) is 4.48. The van der Waals surface area contributed by atoms with Crippen LogP contribution in [-0.4, -0.2) is 0 Å². The van der Waals surface area contributed by atoms with Crippen molar-refractivity contribution < 1.29 is 0 Å². The van der Waals surface area contributed by atoms with E-state index in [1.54, 1.807) is 11.1 Å². The molecule has 0 aromatic heterocycles. The third kappa shape index (κ3) is 2.72. The van der Waals surface area contributed by atoms with Gasteiger partial charge in [-0.3, -0.25) is 0 Å². The fourth-order valence-corrected chi connectivity index (χ4v) is 2.28. The summed E-state index contributed by atoms with van der Waals surface area (Å²) < 4.78 is 0. The fourth-order valence-electron chi connectivity index (χ4n) is 2.28. The first-order valence-electron chi connectivity index (χ1n) is 5.52. The summed E-state index contributed by atoms with van der Waals surface area (Å²) in [6.45, 7) is 9.07. The first-order chi connectivity index (χ1) is 6.15. The molecule has 0 saturated heterocycles. The molecule has 0 heterocycles. The van der Waals surface area contributed by atoms with Crippen molar-refractivity contribution in [3.8, 4) is 0 Å². The van der Waals surface area contributed by atoms with E-state index in [2.05, 4.69) is 33.8 Å². The van der Waals surface area contributed by atoms with Crippen molar-refractivity contribution in [2.75, 3.05) is 0 Å². The van der Waals surface area contributed by atoms with Crippen LogP contribution in [0.5, 0.6) is 0 Å². The molecule has 0 amide bonds. The molecule has 0 aromatic rings. The molecule has 0 aromatic carbocycles. The van der Waals surface area contributed by atoms with E-state index in [0.717, 1.165) is 5.92 Å². The minimum absolute atomic E-state index is 0.796. The molecular weight excluding hydrogens is 156 g/mol. The van der Waals surface area contributed by atoms with E-state index in [4.69, 9.17) is 0 Å². The lowest BCUT2D eigenvalue weighted by Gasteiger charge is -2.20. The van der Waals surface area contributed by atoms with Crippen molar-refractivity contribution in [3.63, 3.8) is 0 Å². The largest absolute Gasteiger partial charge is 0.0782 e. The van der Waals surface area contributed by atoms with Crippen LogP contribution in [0.3, 0.4) is 0 Å². The molecule has 0 nitrogen and oxygen atoms in total. The van der Waals surface area contributed by atoms with Gasteiger partial charge in [0, 0.05) is 0 Å². The summed E-state index contributed by atoms with van der Waals surface area (Å²) in [6.07, 6.45) is 7.74. The Balaban J connectivity index is 2.86. The summed E-state index contributed by atoms with van der Waals surface area (Å²) in [5.41, 5.74) is 4.73. The fraction of sp³-hybridized carbons (Fsp3) is 0.692.